The van der Waals surface area contributed by atoms with Gasteiger partial charge in [-0.2, -0.15) is 0 Å². The number of imide groups is 1. The van der Waals surface area contributed by atoms with E-state index >= 15 is 0 Å². The first-order chi connectivity index (χ1) is 13.1. The van der Waals surface area contributed by atoms with Gasteiger partial charge in [-0.05, 0) is 75.8 Å². The minimum Gasteiger partial charge on any atom is -0.489 e. The molecule has 3 rings (SSSR count). The Morgan fingerprint density at radius 1 is 1.07 bits per heavy atom. The maximum Gasteiger partial charge on any atom is 0.293 e. The van der Waals surface area contributed by atoms with E-state index in [1.165, 1.54) is 15.6 Å². The van der Waals surface area contributed by atoms with Crippen LogP contribution in [0, 0.1) is 3.57 Å². The first-order valence-electron chi connectivity index (χ1n) is 8.28. The van der Waals surface area contributed by atoms with Crippen LogP contribution in [0.2, 0.25) is 0 Å². The van der Waals surface area contributed by atoms with E-state index in [0.29, 0.717) is 18.1 Å². The van der Waals surface area contributed by atoms with Crippen LogP contribution in [0.15, 0.2) is 53.4 Å². The standard InChI is InChI=1S/C20H18INO4S/c1-25-11-10-22-19(23)18(27-20(22)24)12-14-4-8-17(9-5-14)26-13-15-2-6-16(21)7-3-15/h2-9,12H,10-11,13H2,1H3/b18-12+. The first kappa shape index (κ1) is 19.9. The lowest BCUT2D eigenvalue weighted by Crippen LogP contribution is -2.31. The molecule has 5 nitrogen and oxygen atoms in total. The monoisotopic (exact) mass is 495 g/mol. The third kappa shape index (κ3) is 5.33. The highest BCUT2D eigenvalue weighted by Gasteiger charge is 2.34. The zero-order valence-corrected chi connectivity index (χ0v) is 17.7. The molecule has 1 aliphatic rings. The molecule has 1 aliphatic heterocycles. The summed E-state index contributed by atoms with van der Waals surface area (Å²) in [7, 11) is 1.54. The van der Waals surface area contributed by atoms with Crippen molar-refractivity contribution < 1.29 is 19.1 Å². The molecule has 2 aromatic rings. The van der Waals surface area contributed by atoms with Gasteiger partial charge in [0.25, 0.3) is 11.1 Å². The van der Waals surface area contributed by atoms with Crippen molar-refractivity contribution >= 4 is 51.6 Å². The number of halogens is 1. The minimum absolute atomic E-state index is 0.263. The molecule has 0 unspecified atom stereocenters. The topological polar surface area (TPSA) is 55.8 Å². The van der Waals surface area contributed by atoms with Crippen LogP contribution in [0.25, 0.3) is 6.08 Å². The molecule has 0 spiro atoms. The van der Waals surface area contributed by atoms with Gasteiger partial charge in [-0.25, -0.2) is 0 Å². The highest BCUT2D eigenvalue weighted by atomic mass is 127. The maximum atomic E-state index is 12.3. The highest BCUT2D eigenvalue weighted by molar-refractivity contribution is 14.1. The molecule has 1 saturated heterocycles. The van der Waals surface area contributed by atoms with Crippen molar-refractivity contribution in [3.05, 3.63) is 68.1 Å². The Bertz CT molecular complexity index is 849. The van der Waals surface area contributed by atoms with Gasteiger partial charge >= 0.3 is 0 Å². The molecule has 0 atom stereocenters. The highest BCUT2D eigenvalue weighted by Crippen LogP contribution is 2.32. The summed E-state index contributed by atoms with van der Waals surface area (Å²) in [5, 5.41) is -0.263. The van der Waals surface area contributed by atoms with E-state index in [-0.39, 0.29) is 17.7 Å². The Labute approximate surface area is 175 Å². The average molecular weight is 495 g/mol. The number of hydrogen-bond acceptors (Lipinski definition) is 5. The summed E-state index contributed by atoms with van der Waals surface area (Å²) in [5.41, 5.74) is 1.94. The average Bonchev–Trinajstić information content (AvgIpc) is 2.94. The number of ether oxygens (including phenoxy) is 2. The van der Waals surface area contributed by atoms with Crippen molar-refractivity contribution in [3.63, 3.8) is 0 Å². The number of methoxy groups -OCH3 is 1. The molecule has 0 bridgehead atoms. The Morgan fingerprint density at radius 2 is 1.78 bits per heavy atom. The van der Waals surface area contributed by atoms with E-state index in [0.717, 1.165) is 28.6 Å². The smallest absolute Gasteiger partial charge is 0.293 e. The number of benzene rings is 2. The van der Waals surface area contributed by atoms with Gasteiger partial charge in [-0.3, -0.25) is 14.5 Å². The van der Waals surface area contributed by atoms with Gasteiger partial charge in [0.1, 0.15) is 12.4 Å². The van der Waals surface area contributed by atoms with Crippen molar-refractivity contribution in [1.29, 1.82) is 0 Å². The Morgan fingerprint density at radius 3 is 2.44 bits per heavy atom. The fourth-order valence-corrected chi connectivity index (χ4v) is 3.66. The van der Waals surface area contributed by atoms with E-state index in [9.17, 15) is 9.59 Å². The van der Waals surface area contributed by atoms with E-state index in [1.807, 2.05) is 48.5 Å². The lowest BCUT2D eigenvalue weighted by Gasteiger charge is -2.10. The summed E-state index contributed by atoms with van der Waals surface area (Å²) < 4.78 is 11.9. The van der Waals surface area contributed by atoms with Crippen LogP contribution in [-0.4, -0.2) is 36.3 Å². The van der Waals surface area contributed by atoms with Gasteiger partial charge < -0.3 is 9.47 Å². The maximum absolute atomic E-state index is 12.3. The van der Waals surface area contributed by atoms with Gasteiger partial charge in [-0.1, -0.05) is 24.3 Å². The molecule has 2 amide bonds. The van der Waals surface area contributed by atoms with E-state index in [4.69, 9.17) is 9.47 Å². The molecule has 0 aromatic heterocycles. The number of hydrogen-bond donors (Lipinski definition) is 0. The molecule has 7 heteroatoms. The normalized spacial score (nSPS) is 15.6. The largest absolute Gasteiger partial charge is 0.489 e. The molecule has 27 heavy (non-hydrogen) atoms. The van der Waals surface area contributed by atoms with Gasteiger partial charge in [0.2, 0.25) is 0 Å². The SMILES string of the molecule is COCCN1C(=O)S/C(=C/c2ccc(OCc3ccc(I)cc3)cc2)C1=O. The number of carbonyl (C=O) groups excluding carboxylic acids is 2. The summed E-state index contributed by atoms with van der Waals surface area (Å²) >= 11 is 3.22. The molecule has 2 aromatic carbocycles. The quantitative estimate of drug-likeness (QED) is 0.417. The molecular formula is C20H18INO4S. The second-order valence-corrected chi connectivity index (χ2v) is 8.05. The third-order valence-corrected chi connectivity index (χ3v) is 5.52. The predicted molar refractivity (Wildman–Crippen MR) is 114 cm³/mol. The summed E-state index contributed by atoms with van der Waals surface area (Å²) in [5.74, 6) is 0.472. The predicted octanol–water partition coefficient (Wildman–Crippen LogP) is 4.55. The zero-order valence-electron chi connectivity index (χ0n) is 14.7. The Balaban J connectivity index is 1.61. The number of carbonyl (C=O) groups is 2. The molecule has 1 fully saturated rings. The van der Waals surface area contributed by atoms with Crippen LogP contribution in [0.5, 0.6) is 5.75 Å². The number of rotatable bonds is 7. The van der Waals surface area contributed by atoms with Gasteiger partial charge in [0.05, 0.1) is 18.1 Å². The van der Waals surface area contributed by atoms with Crippen LogP contribution in [0.4, 0.5) is 4.79 Å². The summed E-state index contributed by atoms with van der Waals surface area (Å²) in [6.45, 7) is 1.09. The zero-order chi connectivity index (χ0) is 19.2. The molecule has 0 saturated carbocycles. The third-order valence-electron chi connectivity index (χ3n) is 3.89. The van der Waals surface area contributed by atoms with E-state index in [2.05, 4.69) is 22.6 Å². The van der Waals surface area contributed by atoms with Crippen molar-refractivity contribution in [3.8, 4) is 5.75 Å². The van der Waals surface area contributed by atoms with Crippen LogP contribution in [0.3, 0.4) is 0 Å². The van der Waals surface area contributed by atoms with Crippen LogP contribution in [-0.2, 0) is 16.1 Å². The molecular weight excluding hydrogens is 477 g/mol. The van der Waals surface area contributed by atoms with Crippen molar-refractivity contribution in [2.45, 2.75) is 6.61 Å². The van der Waals surface area contributed by atoms with Gasteiger partial charge in [0, 0.05) is 10.7 Å². The Hall–Kier alpha value is -1.84. The fraction of sp³-hybridized carbons (Fsp3) is 0.200. The summed E-state index contributed by atoms with van der Waals surface area (Å²) in [6, 6.07) is 15.6. The molecule has 0 aliphatic carbocycles. The lowest BCUT2D eigenvalue weighted by molar-refractivity contribution is -0.123. The second-order valence-electron chi connectivity index (χ2n) is 5.81. The van der Waals surface area contributed by atoms with Gasteiger partial charge in [0.15, 0.2) is 0 Å². The first-order valence-corrected chi connectivity index (χ1v) is 10.2. The number of amides is 2. The van der Waals surface area contributed by atoms with E-state index < -0.39 is 0 Å². The van der Waals surface area contributed by atoms with E-state index in [1.54, 1.807) is 6.08 Å². The lowest BCUT2D eigenvalue weighted by atomic mass is 10.2. The van der Waals surface area contributed by atoms with Crippen LogP contribution < -0.4 is 4.74 Å². The molecule has 0 N–H and O–H groups in total. The second kappa shape index (κ2) is 9.38. The molecule has 0 radical (unpaired) electrons. The van der Waals surface area contributed by atoms with Crippen LogP contribution in [0.1, 0.15) is 11.1 Å². The number of nitrogens with zero attached hydrogens (tertiary/aromatic N) is 1. The molecule has 1 heterocycles. The Kier molecular flexibility index (Phi) is 6.92. The molecule has 140 valence electrons. The fourth-order valence-electron chi connectivity index (χ4n) is 2.43. The van der Waals surface area contributed by atoms with Crippen LogP contribution >= 0.6 is 34.4 Å². The van der Waals surface area contributed by atoms with Crippen molar-refractivity contribution in [2.75, 3.05) is 20.3 Å². The summed E-state index contributed by atoms with van der Waals surface area (Å²) in [6.07, 6.45) is 1.72. The summed E-state index contributed by atoms with van der Waals surface area (Å²) in [4.78, 5) is 25.9. The number of thioether (sulfide) groups is 1. The minimum atomic E-state index is -0.277. The van der Waals surface area contributed by atoms with Crippen molar-refractivity contribution in [1.82, 2.24) is 4.90 Å². The van der Waals surface area contributed by atoms with Gasteiger partial charge in [-0.15, -0.1) is 0 Å². The van der Waals surface area contributed by atoms with Crippen molar-refractivity contribution in [2.24, 2.45) is 0 Å².